The first-order chi connectivity index (χ1) is 14.7. The number of hydrogen-bond acceptors (Lipinski definition) is 5. The highest BCUT2D eigenvalue weighted by Crippen LogP contribution is 2.39. The van der Waals surface area contributed by atoms with Crippen molar-refractivity contribution in [3.8, 4) is 22.7 Å². The maximum atomic E-state index is 13.9. The van der Waals surface area contributed by atoms with Crippen LogP contribution >= 0.6 is 23.4 Å². The van der Waals surface area contributed by atoms with Crippen molar-refractivity contribution >= 4 is 23.4 Å². The van der Waals surface area contributed by atoms with Gasteiger partial charge in [0.05, 0.1) is 10.7 Å². The highest BCUT2D eigenvalue weighted by atomic mass is 35.5. The Morgan fingerprint density at radius 3 is 2.32 bits per heavy atom. The Hall–Kier alpha value is -2.74. The average molecular weight is 459 g/mol. The smallest absolute Gasteiger partial charge is 0.228 e. The van der Waals surface area contributed by atoms with Gasteiger partial charge in [0, 0.05) is 22.2 Å². The Labute approximate surface area is 186 Å². The molecule has 4 aromatic rings. The fourth-order valence-electron chi connectivity index (χ4n) is 2.82. The topological polar surface area (TPSA) is 59.2 Å². The Morgan fingerprint density at radius 1 is 1.00 bits per heavy atom. The van der Waals surface area contributed by atoms with Gasteiger partial charge in [0.25, 0.3) is 0 Å². The van der Waals surface area contributed by atoms with E-state index >= 15 is 0 Å². The zero-order valence-electron chi connectivity index (χ0n) is 16.6. The van der Waals surface area contributed by atoms with Crippen LogP contribution in [0.15, 0.2) is 75.2 Å². The lowest BCUT2D eigenvalue weighted by atomic mass is 10.0. The van der Waals surface area contributed by atoms with Crippen LogP contribution in [0.2, 0.25) is 5.02 Å². The first-order valence-electron chi connectivity index (χ1n) is 9.29. The minimum atomic E-state index is -1.08. The fraction of sp³-hybridized carbons (Fsp3) is 0.130. The van der Waals surface area contributed by atoms with Crippen molar-refractivity contribution in [2.75, 3.05) is 0 Å². The lowest BCUT2D eigenvalue weighted by molar-refractivity contribution is 0.0739. The number of halogens is 3. The van der Waals surface area contributed by atoms with E-state index in [4.69, 9.17) is 16.0 Å². The molecule has 0 amide bonds. The number of rotatable bonds is 5. The van der Waals surface area contributed by atoms with Crippen molar-refractivity contribution in [2.24, 2.45) is 0 Å². The van der Waals surface area contributed by atoms with Gasteiger partial charge >= 0.3 is 0 Å². The second-order valence-corrected chi connectivity index (χ2v) is 8.78. The summed E-state index contributed by atoms with van der Waals surface area (Å²) in [5.74, 6) is -0.616. The van der Waals surface area contributed by atoms with Crippen LogP contribution in [-0.2, 0) is 5.60 Å². The van der Waals surface area contributed by atoms with E-state index in [-0.39, 0.29) is 10.8 Å². The summed E-state index contributed by atoms with van der Waals surface area (Å²) in [5.41, 5.74) is 1.17. The molecule has 0 bridgehead atoms. The fourth-order valence-corrected chi connectivity index (χ4v) is 3.83. The number of aliphatic hydroxyl groups is 1. The van der Waals surface area contributed by atoms with Gasteiger partial charge in [0.2, 0.25) is 5.89 Å². The standard InChI is InChI=1S/C23H17ClF2N2O2S/c1-23(2,29)19-10-5-14(12-27-19)20-22(31-16-8-9-17(24)18(26)11-16)30-21(28-20)13-3-6-15(25)7-4-13/h3-12,29H,1-2H3. The molecule has 0 aliphatic carbocycles. The maximum absolute atomic E-state index is 13.9. The molecule has 0 spiro atoms. The summed E-state index contributed by atoms with van der Waals surface area (Å²) in [6, 6.07) is 13.7. The van der Waals surface area contributed by atoms with Crippen LogP contribution in [0.1, 0.15) is 19.5 Å². The van der Waals surface area contributed by atoms with Crippen molar-refractivity contribution in [3.63, 3.8) is 0 Å². The molecule has 0 unspecified atom stereocenters. The molecule has 0 saturated carbocycles. The van der Waals surface area contributed by atoms with E-state index < -0.39 is 11.4 Å². The third-order valence-corrected chi connectivity index (χ3v) is 5.71. The number of hydrogen-bond donors (Lipinski definition) is 1. The lowest BCUT2D eigenvalue weighted by Gasteiger charge is -2.16. The van der Waals surface area contributed by atoms with Gasteiger partial charge in [-0.25, -0.2) is 13.8 Å². The quantitative estimate of drug-likeness (QED) is 0.360. The number of pyridine rings is 1. The first kappa shape index (κ1) is 21.5. The molecule has 2 aromatic carbocycles. The second kappa shape index (κ2) is 8.42. The third-order valence-electron chi connectivity index (χ3n) is 4.45. The summed E-state index contributed by atoms with van der Waals surface area (Å²) >= 11 is 6.96. The van der Waals surface area contributed by atoms with Crippen molar-refractivity contribution in [1.82, 2.24) is 9.97 Å². The number of aromatic nitrogens is 2. The van der Waals surface area contributed by atoms with Crippen LogP contribution in [0, 0.1) is 11.6 Å². The average Bonchev–Trinajstić information content (AvgIpc) is 3.14. The summed E-state index contributed by atoms with van der Waals surface area (Å²) in [6.45, 7) is 3.29. The summed E-state index contributed by atoms with van der Waals surface area (Å²) in [6.07, 6.45) is 1.59. The molecule has 8 heteroatoms. The van der Waals surface area contributed by atoms with Gasteiger partial charge in [-0.05, 0) is 80.2 Å². The molecule has 2 aromatic heterocycles. The molecule has 2 heterocycles. The van der Waals surface area contributed by atoms with Crippen LogP contribution in [0.3, 0.4) is 0 Å². The van der Waals surface area contributed by atoms with E-state index in [1.54, 1.807) is 50.4 Å². The molecule has 4 rings (SSSR count). The molecule has 158 valence electrons. The summed E-state index contributed by atoms with van der Waals surface area (Å²) in [4.78, 5) is 9.48. The molecule has 1 N–H and O–H groups in total. The zero-order chi connectivity index (χ0) is 22.2. The highest BCUT2D eigenvalue weighted by molar-refractivity contribution is 7.99. The summed E-state index contributed by atoms with van der Waals surface area (Å²) in [5, 5.41) is 10.6. The van der Waals surface area contributed by atoms with E-state index in [0.717, 1.165) is 0 Å². The molecule has 31 heavy (non-hydrogen) atoms. The minimum Gasteiger partial charge on any atom is -0.429 e. The molecule has 0 atom stereocenters. The van der Waals surface area contributed by atoms with Crippen molar-refractivity contribution in [2.45, 2.75) is 29.4 Å². The SMILES string of the molecule is CC(C)(O)c1ccc(-c2nc(-c3ccc(F)cc3)oc2Sc2ccc(Cl)c(F)c2)cn1. The molecule has 0 radical (unpaired) electrons. The van der Waals surface area contributed by atoms with Gasteiger partial charge in [-0.2, -0.15) is 0 Å². The lowest BCUT2D eigenvalue weighted by Crippen LogP contribution is -2.17. The van der Waals surface area contributed by atoms with Gasteiger partial charge in [-0.15, -0.1) is 0 Å². The van der Waals surface area contributed by atoms with E-state index in [0.29, 0.717) is 38.4 Å². The van der Waals surface area contributed by atoms with Crippen molar-refractivity contribution < 1.29 is 18.3 Å². The number of benzene rings is 2. The molecule has 4 nitrogen and oxygen atoms in total. The predicted molar refractivity (Wildman–Crippen MR) is 116 cm³/mol. The predicted octanol–water partition coefficient (Wildman–Crippen LogP) is 6.71. The van der Waals surface area contributed by atoms with Crippen LogP contribution in [-0.4, -0.2) is 15.1 Å². The minimum absolute atomic E-state index is 0.0283. The summed E-state index contributed by atoms with van der Waals surface area (Å²) in [7, 11) is 0. The van der Waals surface area contributed by atoms with E-state index in [1.165, 1.54) is 36.0 Å². The van der Waals surface area contributed by atoms with Gasteiger partial charge in [-0.1, -0.05) is 11.6 Å². The van der Waals surface area contributed by atoms with Crippen LogP contribution in [0.4, 0.5) is 8.78 Å². The van der Waals surface area contributed by atoms with Gasteiger partial charge < -0.3 is 9.52 Å². The first-order valence-corrected chi connectivity index (χ1v) is 10.5. The molecular weight excluding hydrogens is 442 g/mol. The molecule has 0 saturated heterocycles. The Kier molecular flexibility index (Phi) is 5.83. The maximum Gasteiger partial charge on any atom is 0.228 e. The van der Waals surface area contributed by atoms with Gasteiger partial charge in [0.15, 0.2) is 5.09 Å². The molecule has 0 aliphatic rings. The van der Waals surface area contributed by atoms with Crippen LogP contribution in [0.5, 0.6) is 0 Å². The van der Waals surface area contributed by atoms with E-state index in [1.807, 2.05) is 0 Å². The Balaban J connectivity index is 1.77. The van der Waals surface area contributed by atoms with Gasteiger partial charge in [0.1, 0.15) is 22.9 Å². The van der Waals surface area contributed by atoms with E-state index in [2.05, 4.69) is 9.97 Å². The zero-order valence-corrected chi connectivity index (χ0v) is 18.1. The Bertz CT molecular complexity index is 1220. The molecule has 0 fully saturated rings. The summed E-state index contributed by atoms with van der Waals surface area (Å²) < 4.78 is 33.2. The van der Waals surface area contributed by atoms with Crippen molar-refractivity contribution in [3.05, 3.63) is 83.1 Å². The number of nitrogens with zero attached hydrogens (tertiary/aromatic N) is 2. The van der Waals surface area contributed by atoms with E-state index in [9.17, 15) is 13.9 Å². The highest BCUT2D eigenvalue weighted by Gasteiger charge is 2.21. The van der Waals surface area contributed by atoms with Gasteiger partial charge in [-0.3, -0.25) is 4.98 Å². The monoisotopic (exact) mass is 458 g/mol. The second-order valence-electron chi connectivity index (χ2n) is 7.33. The molecule has 0 aliphatic heterocycles. The Morgan fingerprint density at radius 2 is 1.71 bits per heavy atom. The van der Waals surface area contributed by atoms with Crippen LogP contribution < -0.4 is 0 Å². The van der Waals surface area contributed by atoms with Crippen molar-refractivity contribution in [1.29, 1.82) is 0 Å². The normalized spacial score (nSPS) is 11.7. The third kappa shape index (κ3) is 4.79. The largest absolute Gasteiger partial charge is 0.429 e. The molecular formula is C23H17ClF2N2O2S. The van der Waals surface area contributed by atoms with Crippen LogP contribution in [0.25, 0.3) is 22.7 Å². The number of oxazole rings is 1.